The van der Waals surface area contributed by atoms with E-state index >= 15 is 0 Å². The fourth-order valence-corrected chi connectivity index (χ4v) is 3.77. The van der Waals surface area contributed by atoms with Crippen LogP contribution < -0.4 is 9.80 Å². The third-order valence-electron chi connectivity index (χ3n) is 5.38. The van der Waals surface area contributed by atoms with Gasteiger partial charge >= 0.3 is 6.09 Å². The van der Waals surface area contributed by atoms with Crippen LogP contribution in [0.5, 0.6) is 0 Å². The molecule has 2 saturated heterocycles. The van der Waals surface area contributed by atoms with E-state index in [1.807, 2.05) is 43.1 Å². The van der Waals surface area contributed by atoms with Crippen LogP contribution in [0.2, 0.25) is 0 Å². The predicted molar refractivity (Wildman–Crippen MR) is 114 cm³/mol. The van der Waals surface area contributed by atoms with Crippen LogP contribution in [0.3, 0.4) is 0 Å². The monoisotopic (exact) mass is 408 g/mol. The number of anilines is 2. The van der Waals surface area contributed by atoms with Gasteiger partial charge in [-0.05, 0) is 30.7 Å². The Kier molecular flexibility index (Phi) is 7.07. The first-order chi connectivity index (χ1) is 13.5. The van der Waals surface area contributed by atoms with Gasteiger partial charge in [0, 0.05) is 51.1 Å². The second kappa shape index (κ2) is 9.52. The number of hydrogen-bond acceptors (Lipinski definition) is 5. The lowest BCUT2D eigenvalue weighted by Crippen LogP contribution is -2.47. The van der Waals surface area contributed by atoms with E-state index in [1.165, 1.54) is 0 Å². The number of carbonyl (C=O) groups is 1. The van der Waals surface area contributed by atoms with Gasteiger partial charge in [-0.2, -0.15) is 0 Å². The van der Waals surface area contributed by atoms with Gasteiger partial charge in [0.2, 0.25) is 0 Å². The van der Waals surface area contributed by atoms with Crippen molar-refractivity contribution in [2.75, 3.05) is 69.3 Å². The molecule has 2 heterocycles. The number of amides is 1. The number of halogens is 1. The van der Waals surface area contributed by atoms with Gasteiger partial charge in [-0.25, -0.2) is 9.18 Å². The molecule has 2 aliphatic heterocycles. The van der Waals surface area contributed by atoms with Gasteiger partial charge in [0.25, 0.3) is 0 Å². The second-order valence-electron chi connectivity index (χ2n) is 7.28. The van der Waals surface area contributed by atoms with Crippen molar-refractivity contribution in [3.8, 4) is 0 Å². The predicted octanol–water partition coefficient (Wildman–Crippen LogP) is 2.77. The van der Waals surface area contributed by atoms with E-state index in [0.29, 0.717) is 19.6 Å². The molecule has 0 radical (unpaired) electrons. The van der Waals surface area contributed by atoms with Crippen LogP contribution in [-0.4, -0.2) is 86.5 Å². The molecule has 0 aliphatic carbocycles. The number of piperazine rings is 1. The molecule has 1 atom stereocenters. The van der Waals surface area contributed by atoms with Gasteiger partial charge in [0.1, 0.15) is 12.8 Å². The van der Waals surface area contributed by atoms with E-state index in [0.717, 1.165) is 49.0 Å². The third kappa shape index (κ3) is 4.91. The molecule has 1 aromatic rings. The summed E-state index contributed by atoms with van der Waals surface area (Å²) >= 11 is 5.31. The number of carbonyl (C=O) groups excluding carboxylic acids is 1. The third-order valence-corrected chi connectivity index (χ3v) is 5.98. The number of hydrogen-bond donors (Lipinski definition) is 0. The summed E-state index contributed by atoms with van der Waals surface area (Å²) in [5.74, 6) is 0. The van der Waals surface area contributed by atoms with Crippen molar-refractivity contribution in [2.45, 2.75) is 19.4 Å². The van der Waals surface area contributed by atoms with Gasteiger partial charge in [0.15, 0.2) is 0 Å². The molecule has 2 aliphatic rings. The van der Waals surface area contributed by atoms with Crippen LogP contribution in [0.15, 0.2) is 24.3 Å². The number of thiocarbonyl (C=S) groups is 1. The van der Waals surface area contributed by atoms with Gasteiger partial charge in [-0.1, -0.05) is 19.1 Å². The Morgan fingerprint density at radius 1 is 1.21 bits per heavy atom. The fraction of sp³-hybridized carbons (Fsp3) is 0.600. The number of likely N-dealkylation sites (N-methyl/N-ethyl adjacent to an activating group) is 1. The first-order valence-corrected chi connectivity index (χ1v) is 10.3. The molecule has 6 nitrogen and oxygen atoms in total. The molecule has 2 fully saturated rings. The number of cyclic esters (lactones) is 1. The van der Waals surface area contributed by atoms with Crippen LogP contribution >= 0.6 is 12.2 Å². The maximum Gasteiger partial charge on any atom is 0.414 e. The molecule has 0 N–H and O–H groups in total. The zero-order valence-corrected chi connectivity index (χ0v) is 17.5. The Morgan fingerprint density at radius 3 is 2.46 bits per heavy atom. The second-order valence-corrected chi connectivity index (χ2v) is 7.75. The molecular formula is C20H29FN4O2S. The molecule has 0 spiro atoms. The number of benzene rings is 1. The smallest absolute Gasteiger partial charge is 0.414 e. The SMILES string of the molecule is CCC(=S)N(C)C[C@@H]1CN(c2ccc(N3CCN(CCF)CC3)cc2)C(=O)O1. The lowest BCUT2D eigenvalue weighted by molar-refractivity contribution is 0.130. The summed E-state index contributed by atoms with van der Waals surface area (Å²) in [7, 11) is 1.93. The molecule has 28 heavy (non-hydrogen) atoms. The summed E-state index contributed by atoms with van der Waals surface area (Å²) in [6.07, 6.45) is 0.304. The fourth-order valence-electron chi connectivity index (χ4n) is 3.70. The summed E-state index contributed by atoms with van der Waals surface area (Å²) in [6.45, 7) is 6.90. The van der Waals surface area contributed by atoms with E-state index < -0.39 is 0 Å². The lowest BCUT2D eigenvalue weighted by atomic mass is 10.2. The highest BCUT2D eigenvalue weighted by Gasteiger charge is 2.33. The standard InChI is InChI=1S/C20H29FN4O2S/c1-3-19(28)22(2)14-18-15-25(20(26)27-18)17-6-4-16(5-7-17)24-12-10-23(9-8-21)11-13-24/h4-7,18H,3,8-15H2,1-2H3/t18-/m1/s1. The topological polar surface area (TPSA) is 39.3 Å². The van der Waals surface area contributed by atoms with Crippen LogP contribution in [-0.2, 0) is 4.74 Å². The highest BCUT2D eigenvalue weighted by molar-refractivity contribution is 7.80. The number of rotatable bonds is 7. The molecule has 1 aromatic carbocycles. The van der Waals surface area contributed by atoms with Crippen molar-refractivity contribution in [2.24, 2.45) is 0 Å². The number of ether oxygens (including phenoxy) is 1. The molecule has 0 unspecified atom stereocenters. The first kappa shape index (κ1) is 20.8. The summed E-state index contributed by atoms with van der Waals surface area (Å²) in [4.78, 5) is 21.3. The van der Waals surface area contributed by atoms with Crippen LogP contribution in [0, 0.1) is 0 Å². The summed E-state index contributed by atoms with van der Waals surface area (Å²) in [5.41, 5.74) is 1.97. The van der Waals surface area contributed by atoms with Crippen molar-refractivity contribution in [3.63, 3.8) is 0 Å². The Labute approximate surface area is 171 Å². The van der Waals surface area contributed by atoms with Gasteiger partial charge in [-0.3, -0.25) is 9.80 Å². The maximum atomic E-state index is 12.5. The molecule has 3 rings (SSSR count). The quantitative estimate of drug-likeness (QED) is 0.646. The Balaban J connectivity index is 1.56. The number of alkyl halides is 1. The minimum atomic E-state index is -0.312. The highest BCUT2D eigenvalue weighted by Crippen LogP contribution is 2.26. The van der Waals surface area contributed by atoms with E-state index in [-0.39, 0.29) is 18.9 Å². The first-order valence-electron chi connectivity index (χ1n) is 9.87. The zero-order valence-electron chi connectivity index (χ0n) is 16.6. The Hall–Kier alpha value is -1.93. The van der Waals surface area contributed by atoms with Crippen molar-refractivity contribution in [1.29, 1.82) is 0 Å². The Bertz CT molecular complexity index is 679. The molecule has 0 bridgehead atoms. The molecule has 8 heteroatoms. The van der Waals surface area contributed by atoms with Gasteiger partial charge in [0.05, 0.1) is 18.1 Å². The molecular weight excluding hydrogens is 379 g/mol. The summed E-state index contributed by atoms with van der Waals surface area (Å²) in [5, 5.41) is 0. The maximum absolute atomic E-state index is 12.5. The highest BCUT2D eigenvalue weighted by atomic mass is 32.1. The number of nitrogens with zero attached hydrogens (tertiary/aromatic N) is 4. The zero-order chi connectivity index (χ0) is 20.1. The van der Waals surface area contributed by atoms with Gasteiger partial charge < -0.3 is 14.5 Å². The summed E-state index contributed by atoms with van der Waals surface area (Å²) < 4.78 is 18.0. The van der Waals surface area contributed by atoms with Crippen molar-refractivity contribution in [3.05, 3.63) is 24.3 Å². The van der Waals surface area contributed by atoms with Gasteiger partial charge in [-0.15, -0.1) is 0 Å². The minimum absolute atomic E-state index is 0.190. The van der Waals surface area contributed by atoms with Crippen molar-refractivity contribution >= 4 is 34.7 Å². The van der Waals surface area contributed by atoms with Crippen molar-refractivity contribution < 1.29 is 13.9 Å². The minimum Gasteiger partial charge on any atom is -0.442 e. The van der Waals surface area contributed by atoms with Crippen LogP contribution in [0.4, 0.5) is 20.6 Å². The van der Waals surface area contributed by atoms with E-state index in [9.17, 15) is 9.18 Å². The molecule has 0 saturated carbocycles. The van der Waals surface area contributed by atoms with Crippen molar-refractivity contribution in [1.82, 2.24) is 9.80 Å². The summed E-state index contributed by atoms with van der Waals surface area (Å²) in [6, 6.07) is 8.01. The normalized spacial score (nSPS) is 20.4. The van der Waals surface area contributed by atoms with E-state index in [4.69, 9.17) is 17.0 Å². The average Bonchev–Trinajstić information content (AvgIpc) is 3.08. The van der Waals surface area contributed by atoms with E-state index in [1.54, 1.807) is 4.90 Å². The average molecular weight is 409 g/mol. The van der Waals surface area contributed by atoms with Crippen LogP contribution in [0.1, 0.15) is 13.3 Å². The molecule has 0 aromatic heterocycles. The van der Waals surface area contributed by atoms with E-state index in [2.05, 4.69) is 9.80 Å². The lowest BCUT2D eigenvalue weighted by Gasteiger charge is -2.35. The largest absolute Gasteiger partial charge is 0.442 e. The van der Waals surface area contributed by atoms with Crippen LogP contribution in [0.25, 0.3) is 0 Å². The Morgan fingerprint density at radius 2 is 1.86 bits per heavy atom. The molecule has 154 valence electrons. The molecule has 1 amide bonds.